The highest BCUT2D eigenvalue weighted by Crippen LogP contribution is 2.14. The van der Waals surface area contributed by atoms with Gasteiger partial charge in [-0.3, -0.25) is 0 Å². The summed E-state index contributed by atoms with van der Waals surface area (Å²) in [7, 11) is 0. The Bertz CT molecular complexity index is 344. The van der Waals surface area contributed by atoms with Gasteiger partial charge >= 0.3 is 6.09 Å². The molecule has 0 saturated heterocycles. The molecule has 82 valence electrons. The quantitative estimate of drug-likeness (QED) is 0.663. The summed E-state index contributed by atoms with van der Waals surface area (Å²) in [6.07, 6.45) is -0.366. The van der Waals surface area contributed by atoms with Gasteiger partial charge in [0.05, 0.1) is 0 Å². The molecule has 0 aromatic heterocycles. The highest BCUT2D eigenvalue weighted by atomic mass is 16.4. The molecule has 0 heterocycles. The van der Waals surface area contributed by atoms with Gasteiger partial charge in [0, 0.05) is 11.2 Å². The van der Waals surface area contributed by atoms with Gasteiger partial charge in [-0.05, 0) is 38.0 Å². The first-order valence-electron chi connectivity index (χ1n) is 4.74. The summed E-state index contributed by atoms with van der Waals surface area (Å²) >= 11 is 0. The van der Waals surface area contributed by atoms with E-state index in [-0.39, 0.29) is 0 Å². The van der Waals surface area contributed by atoms with Crippen LogP contribution in [0.2, 0.25) is 0 Å². The maximum absolute atomic E-state index is 10.5. The third kappa shape index (κ3) is 3.89. The van der Waals surface area contributed by atoms with Crippen LogP contribution in [0.25, 0.3) is 0 Å². The monoisotopic (exact) mass is 208 g/mol. The van der Waals surface area contributed by atoms with Crippen molar-refractivity contribution in [3.63, 3.8) is 0 Å². The van der Waals surface area contributed by atoms with E-state index in [4.69, 9.17) is 10.8 Å². The summed E-state index contributed by atoms with van der Waals surface area (Å²) in [6, 6.07) is 7.43. The van der Waals surface area contributed by atoms with Gasteiger partial charge < -0.3 is 16.2 Å². The fraction of sp³-hybridized carbons (Fsp3) is 0.364. The molecule has 1 amide bonds. The molecule has 4 heteroatoms. The maximum atomic E-state index is 10.5. The van der Waals surface area contributed by atoms with Crippen LogP contribution in [-0.4, -0.2) is 16.7 Å². The van der Waals surface area contributed by atoms with Crippen molar-refractivity contribution in [2.45, 2.75) is 25.8 Å². The first kappa shape index (κ1) is 11.4. The Morgan fingerprint density at radius 2 is 1.93 bits per heavy atom. The molecule has 0 aliphatic rings. The van der Waals surface area contributed by atoms with Crippen LogP contribution in [0.3, 0.4) is 0 Å². The summed E-state index contributed by atoms with van der Waals surface area (Å²) in [5.41, 5.74) is 6.86. The zero-order valence-corrected chi connectivity index (χ0v) is 8.95. The molecular weight excluding hydrogens is 192 g/mol. The lowest BCUT2D eigenvalue weighted by molar-refractivity contribution is 0.182. The number of hydrogen-bond acceptors (Lipinski definition) is 2. The number of benzene rings is 1. The smallest absolute Gasteiger partial charge is 0.405 e. The molecule has 1 aromatic rings. The number of nitrogens with two attached hydrogens (primary N) is 1. The molecule has 1 aromatic carbocycles. The van der Waals surface area contributed by atoms with E-state index >= 15 is 0 Å². The van der Waals surface area contributed by atoms with Gasteiger partial charge in [-0.25, -0.2) is 4.79 Å². The van der Waals surface area contributed by atoms with E-state index in [1.165, 1.54) is 0 Å². The molecule has 0 aliphatic carbocycles. The minimum Gasteiger partial charge on any atom is -0.465 e. The predicted molar refractivity (Wildman–Crippen MR) is 59.8 cm³/mol. The zero-order valence-electron chi connectivity index (χ0n) is 8.95. The summed E-state index contributed by atoms with van der Waals surface area (Å²) < 4.78 is 0. The standard InChI is InChI=1S/C11H16N2O2/c1-11(2,13-10(14)15)7-8-3-5-9(12)6-4-8/h3-6,13H,7,12H2,1-2H3,(H,14,15). The number of nitrogens with one attached hydrogen (secondary N) is 1. The highest BCUT2D eigenvalue weighted by molar-refractivity contribution is 5.65. The molecule has 0 atom stereocenters. The van der Waals surface area contributed by atoms with Crippen LogP contribution < -0.4 is 11.1 Å². The Kier molecular flexibility index (Phi) is 3.19. The lowest BCUT2D eigenvalue weighted by atomic mass is 9.95. The molecule has 0 spiro atoms. The maximum Gasteiger partial charge on any atom is 0.405 e. The van der Waals surface area contributed by atoms with Crippen molar-refractivity contribution in [3.05, 3.63) is 29.8 Å². The highest BCUT2D eigenvalue weighted by Gasteiger charge is 2.20. The van der Waals surface area contributed by atoms with Gasteiger partial charge in [-0.2, -0.15) is 0 Å². The van der Waals surface area contributed by atoms with E-state index in [0.717, 1.165) is 5.56 Å². The van der Waals surface area contributed by atoms with E-state index in [1.54, 1.807) is 0 Å². The molecule has 0 fully saturated rings. The molecule has 4 nitrogen and oxygen atoms in total. The van der Waals surface area contributed by atoms with Crippen molar-refractivity contribution >= 4 is 11.8 Å². The van der Waals surface area contributed by atoms with Crippen molar-refractivity contribution in [1.82, 2.24) is 5.32 Å². The first-order chi connectivity index (χ1) is 6.89. The lowest BCUT2D eigenvalue weighted by Gasteiger charge is -2.24. The van der Waals surface area contributed by atoms with Gasteiger partial charge in [-0.15, -0.1) is 0 Å². The van der Waals surface area contributed by atoms with Crippen molar-refractivity contribution in [3.8, 4) is 0 Å². The Morgan fingerprint density at radius 3 is 2.40 bits per heavy atom. The topological polar surface area (TPSA) is 75.3 Å². The van der Waals surface area contributed by atoms with Gasteiger partial charge in [0.25, 0.3) is 0 Å². The molecule has 0 unspecified atom stereocenters. The third-order valence-corrected chi connectivity index (χ3v) is 2.07. The molecule has 0 aliphatic heterocycles. The molecular formula is C11H16N2O2. The molecule has 1 rings (SSSR count). The summed E-state index contributed by atoms with van der Waals surface area (Å²) in [5, 5.41) is 11.1. The van der Waals surface area contributed by atoms with E-state index in [2.05, 4.69) is 5.32 Å². The first-order valence-corrected chi connectivity index (χ1v) is 4.74. The van der Waals surface area contributed by atoms with Gasteiger partial charge in [0.1, 0.15) is 0 Å². The fourth-order valence-electron chi connectivity index (χ4n) is 1.48. The third-order valence-electron chi connectivity index (χ3n) is 2.07. The van der Waals surface area contributed by atoms with Crippen molar-refractivity contribution in [2.75, 3.05) is 5.73 Å². The van der Waals surface area contributed by atoms with Crippen LogP contribution in [0.4, 0.5) is 10.5 Å². The molecule has 0 saturated carbocycles. The fourth-order valence-corrected chi connectivity index (χ4v) is 1.48. The minimum absolute atomic E-state index is 0.470. The summed E-state index contributed by atoms with van der Waals surface area (Å²) in [5.74, 6) is 0. The number of anilines is 1. The summed E-state index contributed by atoms with van der Waals surface area (Å²) in [6.45, 7) is 3.69. The van der Waals surface area contributed by atoms with E-state index in [1.807, 2.05) is 38.1 Å². The Morgan fingerprint density at radius 1 is 1.40 bits per heavy atom. The predicted octanol–water partition coefficient (Wildman–Crippen LogP) is 1.86. The van der Waals surface area contributed by atoms with Gasteiger partial charge in [0.2, 0.25) is 0 Å². The van der Waals surface area contributed by atoms with Crippen LogP contribution in [0.1, 0.15) is 19.4 Å². The average Bonchev–Trinajstić information content (AvgIpc) is 2.06. The van der Waals surface area contributed by atoms with Crippen LogP contribution in [-0.2, 0) is 6.42 Å². The molecule has 0 bridgehead atoms. The minimum atomic E-state index is -1.00. The molecule has 0 radical (unpaired) electrons. The summed E-state index contributed by atoms with van der Waals surface area (Å²) in [4.78, 5) is 10.5. The van der Waals surface area contributed by atoms with E-state index in [0.29, 0.717) is 12.1 Å². The Balaban J connectivity index is 2.68. The van der Waals surface area contributed by atoms with Crippen molar-refractivity contribution in [2.24, 2.45) is 0 Å². The second-order valence-corrected chi connectivity index (χ2v) is 4.23. The average molecular weight is 208 g/mol. The van der Waals surface area contributed by atoms with Crippen LogP contribution in [0, 0.1) is 0 Å². The number of carboxylic acid groups (broad SMARTS) is 1. The van der Waals surface area contributed by atoms with Gasteiger partial charge in [0.15, 0.2) is 0 Å². The molecule has 15 heavy (non-hydrogen) atoms. The van der Waals surface area contributed by atoms with E-state index in [9.17, 15) is 4.79 Å². The number of amides is 1. The number of nitrogen functional groups attached to an aromatic ring is 1. The number of carbonyl (C=O) groups is 1. The normalized spacial score (nSPS) is 11.1. The molecule has 4 N–H and O–H groups in total. The van der Waals surface area contributed by atoms with E-state index < -0.39 is 11.6 Å². The lowest BCUT2D eigenvalue weighted by Crippen LogP contribution is -2.44. The van der Waals surface area contributed by atoms with Crippen LogP contribution >= 0.6 is 0 Å². The SMILES string of the molecule is CC(C)(Cc1ccc(N)cc1)NC(=O)O. The van der Waals surface area contributed by atoms with Crippen LogP contribution in [0.15, 0.2) is 24.3 Å². The number of rotatable bonds is 3. The van der Waals surface area contributed by atoms with Gasteiger partial charge in [-0.1, -0.05) is 12.1 Å². The second kappa shape index (κ2) is 4.21. The Labute approximate surface area is 89.1 Å². The van der Waals surface area contributed by atoms with Crippen LogP contribution in [0.5, 0.6) is 0 Å². The number of hydrogen-bond donors (Lipinski definition) is 3. The van der Waals surface area contributed by atoms with Crippen molar-refractivity contribution in [1.29, 1.82) is 0 Å². The Hall–Kier alpha value is -1.71. The zero-order chi connectivity index (χ0) is 11.5. The van der Waals surface area contributed by atoms with Crippen molar-refractivity contribution < 1.29 is 9.90 Å². The second-order valence-electron chi connectivity index (χ2n) is 4.23. The largest absolute Gasteiger partial charge is 0.465 e.